The fourth-order valence-corrected chi connectivity index (χ4v) is 3.38. The Morgan fingerprint density at radius 1 is 0.960 bits per heavy atom. The van der Waals surface area contributed by atoms with Gasteiger partial charge in [-0.05, 0) is 17.5 Å². The van der Waals surface area contributed by atoms with Gasteiger partial charge >= 0.3 is 5.97 Å². The molecule has 0 saturated carbocycles. The molecule has 2 aromatic carbocycles. The van der Waals surface area contributed by atoms with Gasteiger partial charge in [0.15, 0.2) is 0 Å². The molecule has 0 spiro atoms. The van der Waals surface area contributed by atoms with Gasteiger partial charge in [-0.15, -0.1) is 0 Å². The largest absolute Gasteiger partial charge is 0.480 e. The molecule has 0 unspecified atom stereocenters. The molecule has 5 heteroatoms. The topological polar surface area (TPSA) is 77.8 Å². The molecule has 2 atom stereocenters. The summed E-state index contributed by atoms with van der Waals surface area (Å²) in [6.45, 7) is 0.243. The molecular formula is C20H21NO4. The average Bonchev–Trinajstić information content (AvgIpc) is 2.63. The van der Waals surface area contributed by atoms with Crippen LogP contribution in [0.4, 0.5) is 0 Å². The third-order valence-electron chi connectivity index (χ3n) is 4.66. The zero-order valence-corrected chi connectivity index (χ0v) is 13.8. The first-order valence-electron chi connectivity index (χ1n) is 8.39. The lowest BCUT2D eigenvalue weighted by Crippen LogP contribution is -2.52. The number of benzene rings is 2. The molecule has 0 bridgehead atoms. The summed E-state index contributed by atoms with van der Waals surface area (Å²) in [7, 11) is 0. The molecule has 1 amide bonds. The molecule has 1 aliphatic heterocycles. The van der Waals surface area contributed by atoms with Crippen LogP contribution in [0.2, 0.25) is 0 Å². The zero-order chi connectivity index (χ0) is 17.8. The van der Waals surface area contributed by atoms with E-state index >= 15 is 0 Å². The Hall–Kier alpha value is -2.66. The number of carbonyl (C=O) groups excluding carboxylic acids is 1. The lowest BCUT2D eigenvalue weighted by molar-refractivity contribution is -0.154. The van der Waals surface area contributed by atoms with Crippen LogP contribution >= 0.6 is 0 Å². The molecule has 2 N–H and O–H groups in total. The summed E-state index contributed by atoms with van der Waals surface area (Å²) in [5, 5.41) is 19.3. The SMILES string of the molecule is O=C(O)[C@@H]1C[C@H](O)CCN1C(=O)C(c1ccccc1)c1ccccc1. The lowest BCUT2D eigenvalue weighted by atomic mass is 9.88. The number of hydrogen-bond donors (Lipinski definition) is 2. The summed E-state index contributed by atoms with van der Waals surface area (Å²) < 4.78 is 0. The summed E-state index contributed by atoms with van der Waals surface area (Å²) in [6, 6.07) is 17.8. The van der Waals surface area contributed by atoms with Crippen molar-refractivity contribution >= 4 is 11.9 Å². The van der Waals surface area contributed by atoms with Gasteiger partial charge in [-0.25, -0.2) is 4.79 Å². The Morgan fingerprint density at radius 2 is 1.48 bits per heavy atom. The highest BCUT2D eigenvalue weighted by molar-refractivity contribution is 5.91. The Bertz CT molecular complexity index is 692. The number of piperidine rings is 1. The van der Waals surface area contributed by atoms with E-state index < -0.39 is 24.0 Å². The fourth-order valence-electron chi connectivity index (χ4n) is 3.38. The predicted molar refractivity (Wildman–Crippen MR) is 93.1 cm³/mol. The monoisotopic (exact) mass is 339 g/mol. The lowest BCUT2D eigenvalue weighted by Gasteiger charge is -2.37. The summed E-state index contributed by atoms with van der Waals surface area (Å²) in [6.07, 6.45) is -0.222. The maximum absolute atomic E-state index is 13.3. The first-order valence-corrected chi connectivity index (χ1v) is 8.39. The Balaban J connectivity index is 1.98. The normalized spacial score (nSPS) is 20.5. The van der Waals surface area contributed by atoms with Gasteiger partial charge in [-0.1, -0.05) is 60.7 Å². The molecule has 25 heavy (non-hydrogen) atoms. The molecule has 1 heterocycles. The second-order valence-corrected chi connectivity index (χ2v) is 6.32. The Morgan fingerprint density at radius 3 is 1.96 bits per heavy atom. The minimum absolute atomic E-state index is 0.0668. The van der Waals surface area contributed by atoms with Crippen LogP contribution < -0.4 is 0 Å². The number of carboxylic acid groups (broad SMARTS) is 1. The number of rotatable bonds is 4. The number of aliphatic hydroxyl groups excluding tert-OH is 1. The van der Waals surface area contributed by atoms with Crippen molar-refractivity contribution in [1.82, 2.24) is 4.90 Å². The number of amides is 1. The van der Waals surface area contributed by atoms with Gasteiger partial charge in [0.25, 0.3) is 0 Å². The second-order valence-electron chi connectivity index (χ2n) is 6.32. The van der Waals surface area contributed by atoms with Crippen LogP contribution in [0.3, 0.4) is 0 Å². The molecule has 0 radical (unpaired) electrons. The van der Waals surface area contributed by atoms with Crippen LogP contribution in [0.25, 0.3) is 0 Å². The van der Waals surface area contributed by atoms with Gasteiger partial charge in [0.2, 0.25) is 5.91 Å². The quantitative estimate of drug-likeness (QED) is 0.896. The highest BCUT2D eigenvalue weighted by atomic mass is 16.4. The van der Waals surface area contributed by atoms with Crippen molar-refractivity contribution in [1.29, 1.82) is 0 Å². The van der Waals surface area contributed by atoms with E-state index in [0.29, 0.717) is 6.42 Å². The summed E-state index contributed by atoms with van der Waals surface area (Å²) in [5.74, 6) is -1.87. The van der Waals surface area contributed by atoms with Gasteiger partial charge in [-0.2, -0.15) is 0 Å². The average molecular weight is 339 g/mol. The van der Waals surface area contributed by atoms with Crippen molar-refractivity contribution in [2.75, 3.05) is 6.54 Å². The maximum atomic E-state index is 13.3. The first kappa shape index (κ1) is 17.2. The molecular weight excluding hydrogens is 318 g/mol. The number of carbonyl (C=O) groups is 2. The van der Waals surface area contributed by atoms with E-state index in [-0.39, 0.29) is 18.9 Å². The molecule has 2 aromatic rings. The van der Waals surface area contributed by atoms with Gasteiger partial charge in [-0.3, -0.25) is 4.79 Å². The van der Waals surface area contributed by atoms with Crippen LogP contribution in [0.5, 0.6) is 0 Å². The third-order valence-corrected chi connectivity index (χ3v) is 4.66. The van der Waals surface area contributed by atoms with E-state index in [4.69, 9.17) is 0 Å². The van der Waals surface area contributed by atoms with E-state index in [2.05, 4.69) is 0 Å². The zero-order valence-electron chi connectivity index (χ0n) is 13.8. The van der Waals surface area contributed by atoms with Gasteiger partial charge in [0.1, 0.15) is 6.04 Å². The standard InChI is InChI=1S/C20H21NO4/c22-16-11-12-21(17(13-16)20(24)25)19(23)18(14-7-3-1-4-8-14)15-9-5-2-6-10-15/h1-10,16-18,22H,11-13H2,(H,24,25)/t16-,17+/m1/s1. The first-order chi connectivity index (χ1) is 12.1. The highest BCUT2D eigenvalue weighted by Crippen LogP contribution is 2.30. The van der Waals surface area contributed by atoms with E-state index in [1.54, 1.807) is 0 Å². The van der Waals surface area contributed by atoms with Gasteiger partial charge in [0.05, 0.1) is 12.0 Å². The summed E-state index contributed by atoms with van der Waals surface area (Å²) in [4.78, 5) is 26.3. The van der Waals surface area contributed by atoms with Crippen molar-refractivity contribution in [2.45, 2.75) is 30.9 Å². The van der Waals surface area contributed by atoms with E-state index in [9.17, 15) is 19.8 Å². The smallest absolute Gasteiger partial charge is 0.326 e. The minimum atomic E-state index is -1.08. The maximum Gasteiger partial charge on any atom is 0.326 e. The van der Waals surface area contributed by atoms with Gasteiger partial charge < -0.3 is 15.1 Å². The molecule has 0 aliphatic carbocycles. The van der Waals surface area contributed by atoms with E-state index in [1.165, 1.54) is 4.90 Å². The van der Waals surface area contributed by atoms with Crippen LogP contribution in [0.15, 0.2) is 60.7 Å². The summed E-state index contributed by atoms with van der Waals surface area (Å²) >= 11 is 0. The van der Waals surface area contributed by atoms with Crippen molar-refractivity contribution in [3.63, 3.8) is 0 Å². The molecule has 0 aromatic heterocycles. The van der Waals surface area contributed by atoms with Crippen molar-refractivity contribution in [3.05, 3.63) is 71.8 Å². The molecule has 1 aliphatic rings. The molecule has 3 rings (SSSR count). The third kappa shape index (κ3) is 3.72. The molecule has 1 saturated heterocycles. The number of aliphatic carboxylic acids is 1. The van der Waals surface area contributed by atoms with E-state index in [1.807, 2.05) is 60.7 Å². The summed E-state index contributed by atoms with van der Waals surface area (Å²) in [5.41, 5.74) is 1.66. The molecule has 5 nitrogen and oxygen atoms in total. The highest BCUT2D eigenvalue weighted by Gasteiger charge is 2.39. The molecule has 1 fully saturated rings. The van der Waals surface area contributed by atoms with Crippen molar-refractivity contribution < 1.29 is 19.8 Å². The van der Waals surface area contributed by atoms with Crippen LogP contribution in [-0.2, 0) is 9.59 Å². The number of carboxylic acids is 1. The van der Waals surface area contributed by atoms with Crippen LogP contribution in [0.1, 0.15) is 29.9 Å². The van der Waals surface area contributed by atoms with Crippen molar-refractivity contribution in [2.24, 2.45) is 0 Å². The van der Waals surface area contributed by atoms with Crippen molar-refractivity contribution in [3.8, 4) is 0 Å². The number of aliphatic hydroxyl groups is 1. The predicted octanol–water partition coefficient (Wildman–Crippen LogP) is 2.25. The number of hydrogen-bond acceptors (Lipinski definition) is 3. The second kappa shape index (κ2) is 7.49. The number of nitrogens with zero attached hydrogens (tertiary/aromatic N) is 1. The van der Waals surface area contributed by atoms with Crippen LogP contribution in [0, 0.1) is 0 Å². The molecule has 130 valence electrons. The Kier molecular flexibility index (Phi) is 5.14. The van der Waals surface area contributed by atoms with E-state index in [0.717, 1.165) is 11.1 Å². The number of likely N-dealkylation sites (tertiary alicyclic amines) is 1. The Labute approximate surface area is 146 Å². The fraction of sp³-hybridized carbons (Fsp3) is 0.300. The van der Waals surface area contributed by atoms with Crippen LogP contribution in [-0.4, -0.2) is 45.7 Å². The van der Waals surface area contributed by atoms with Gasteiger partial charge in [0, 0.05) is 13.0 Å². The minimum Gasteiger partial charge on any atom is -0.480 e.